The van der Waals surface area contributed by atoms with E-state index < -0.39 is 5.97 Å². The minimum atomic E-state index is -1.05. The van der Waals surface area contributed by atoms with Crippen LogP contribution in [-0.2, 0) is 4.74 Å². The van der Waals surface area contributed by atoms with E-state index >= 15 is 0 Å². The molecule has 20 heavy (non-hydrogen) atoms. The normalized spacial score (nSPS) is 20.1. The Labute approximate surface area is 116 Å². The zero-order valence-electron chi connectivity index (χ0n) is 11.0. The molecule has 1 atom stereocenters. The molecule has 0 bridgehead atoms. The molecule has 6 nitrogen and oxygen atoms in total. The molecular weight excluding hydrogens is 264 g/mol. The van der Waals surface area contributed by atoms with Crippen LogP contribution in [-0.4, -0.2) is 37.2 Å². The van der Waals surface area contributed by atoms with E-state index in [1.54, 1.807) is 6.07 Å². The zero-order valence-corrected chi connectivity index (χ0v) is 11.0. The second-order valence-electron chi connectivity index (χ2n) is 4.78. The van der Waals surface area contributed by atoms with Gasteiger partial charge in [-0.2, -0.15) is 0 Å². The molecule has 6 heteroatoms. The maximum absolute atomic E-state index is 11.2. The summed E-state index contributed by atoms with van der Waals surface area (Å²) in [5, 5.41) is 9.21. The van der Waals surface area contributed by atoms with Gasteiger partial charge in [0.25, 0.3) is 0 Å². The standard InChI is InChI=1S/C14H16O6/c15-14(16)10-6-12-13(20-8-19-12)7-11(10)18-5-3-9-2-1-4-17-9/h6-7,9H,1-5,8H2,(H,15,16). The number of ether oxygens (including phenoxy) is 4. The van der Waals surface area contributed by atoms with Crippen molar-refractivity contribution in [2.24, 2.45) is 0 Å². The SMILES string of the molecule is O=C(O)c1cc2c(cc1OCCC1CCCO1)OCO2. The Bertz CT molecular complexity index is 507. The first-order chi connectivity index (χ1) is 9.74. The lowest BCUT2D eigenvalue weighted by atomic mass is 10.1. The molecule has 1 aromatic rings. The minimum Gasteiger partial charge on any atom is -0.492 e. The molecule has 0 aliphatic carbocycles. The number of carbonyl (C=O) groups is 1. The Morgan fingerprint density at radius 3 is 2.85 bits per heavy atom. The van der Waals surface area contributed by atoms with E-state index in [0.717, 1.165) is 25.9 Å². The van der Waals surface area contributed by atoms with Crippen molar-refractivity contribution in [1.29, 1.82) is 0 Å². The number of hydrogen-bond acceptors (Lipinski definition) is 5. The van der Waals surface area contributed by atoms with Crippen LogP contribution in [0.5, 0.6) is 17.2 Å². The number of hydrogen-bond donors (Lipinski definition) is 1. The van der Waals surface area contributed by atoms with Crippen LogP contribution in [0.15, 0.2) is 12.1 Å². The highest BCUT2D eigenvalue weighted by atomic mass is 16.7. The van der Waals surface area contributed by atoms with Crippen molar-refractivity contribution in [2.75, 3.05) is 20.0 Å². The third kappa shape index (κ3) is 2.65. The smallest absolute Gasteiger partial charge is 0.339 e. The molecule has 3 rings (SSSR count). The first kappa shape index (κ1) is 13.1. The van der Waals surface area contributed by atoms with E-state index in [9.17, 15) is 9.90 Å². The van der Waals surface area contributed by atoms with Crippen LogP contribution in [0.3, 0.4) is 0 Å². The second kappa shape index (κ2) is 5.58. The molecule has 108 valence electrons. The Morgan fingerprint density at radius 1 is 1.35 bits per heavy atom. The Hall–Kier alpha value is -1.95. The number of fused-ring (bicyclic) bond motifs is 1. The van der Waals surface area contributed by atoms with Crippen LogP contribution in [0.4, 0.5) is 0 Å². The van der Waals surface area contributed by atoms with E-state index in [-0.39, 0.29) is 18.5 Å². The lowest BCUT2D eigenvalue weighted by Gasteiger charge is -2.12. The Morgan fingerprint density at radius 2 is 2.15 bits per heavy atom. The Kier molecular flexibility index (Phi) is 3.64. The maximum atomic E-state index is 11.2. The zero-order chi connectivity index (χ0) is 13.9. The minimum absolute atomic E-state index is 0.0848. The van der Waals surface area contributed by atoms with Crippen LogP contribution in [0, 0.1) is 0 Å². The third-order valence-electron chi connectivity index (χ3n) is 3.43. The number of carboxylic acid groups (broad SMARTS) is 1. The van der Waals surface area contributed by atoms with Gasteiger partial charge in [-0.15, -0.1) is 0 Å². The molecule has 2 aliphatic rings. The van der Waals surface area contributed by atoms with Crippen molar-refractivity contribution in [3.63, 3.8) is 0 Å². The van der Waals surface area contributed by atoms with Crippen molar-refractivity contribution in [1.82, 2.24) is 0 Å². The average Bonchev–Trinajstić information content (AvgIpc) is 3.07. The molecule has 1 fully saturated rings. The van der Waals surface area contributed by atoms with Gasteiger partial charge in [0.1, 0.15) is 11.3 Å². The summed E-state index contributed by atoms with van der Waals surface area (Å²) in [4.78, 5) is 11.2. The van der Waals surface area contributed by atoms with Gasteiger partial charge in [0, 0.05) is 25.2 Å². The summed E-state index contributed by atoms with van der Waals surface area (Å²) in [5.74, 6) is 0.214. The molecular formula is C14H16O6. The molecule has 1 N–H and O–H groups in total. The van der Waals surface area contributed by atoms with Gasteiger partial charge in [-0.05, 0) is 12.8 Å². The van der Waals surface area contributed by atoms with Gasteiger partial charge in [0.05, 0.1) is 12.7 Å². The Balaban J connectivity index is 1.69. The van der Waals surface area contributed by atoms with Crippen molar-refractivity contribution in [3.8, 4) is 17.2 Å². The monoisotopic (exact) mass is 280 g/mol. The van der Waals surface area contributed by atoms with Gasteiger partial charge >= 0.3 is 5.97 Å². The third-order valence-corrected chi connectivity index (χ3v) is 3.43. The molecule has 0 aromatic heterocycles. The summed E-state index contributed by atoms with van der Waals surface area (Å²) < 4.78 is 21.5. The molecule has 0 amide bonds. The topological polar surface area (TPSA) is 74.2 Å². The van der Waals surface area contributed by atoms with Gasteiger partial charge in [-0.3, -0.25) is 0 Å². The van der Waals surface area contributed by atoms with Gasteiger partial charge in [0.15, 0.2) is 11.5 Å². The van der Waals surface area contributed by atoms with E-state index in [1.165, 1.54) is 6.07 Å². The van der Waals surface area contributed by atoms with E-state index in [2.05, 4.69) is 0 Å². The highest BCUT2D eigenvalue weighted by Gasteiger charge is 2.22. The van der Waals surface area contributed by atoms with Gasteiger partial charge in [-0.25, -0.2) is 4.79 Å². The summed E-state index contributed by atoms with van der Waals surface area (Å²) in [5.41, 5.74) is 0.0848. The predicted octanol–water partition coefficient (Wildman–Crippen LogP) is 2.06. The van der Waals surface area contributed by atoms with Gasteiger partial charge in [0.2, 0.25) is 6.79 Å². The van der Waals surface area contributed by atoms with E-state index in [0.29, 0.717) is 23.9 Å². The molecule has 2 heterocycles. The fraction of sp³-hybridized carbons (Fsp3) is 0.500. The van der Waals surface area contributed by atoms with Crippen molar-refractivity contribution < 1.29 is 28.8 Å². The highest BCUT2D eigenvalue weighted by molar-refractivity contribution is 5.92. The van der Waals surface area contributed by atoms with Crippen LogP contribution in [0.25, 0.3) is 0 Å². The molecule has 1 saturated heterocycles. The fourth-order valence-corrected chi connectivity index (χ4v) is 2.38. The van der Waals surface area contributed by atoms with Crippen LogP contribution < -0.4 is 14.2 Å². The van der Waals surface area contributed by atoms with Crippen LogP contribution in [0.2, 0.25) is 0 Å². The highest BCUT2D eigenvalue weighted by Crippen LogP contribution is 2.38. The summed E-state index contributed by atoms with van der Waals surface area (Å²) in [6, 6.07) is 3.01. The van der Waals surface area contributed by atoms with Crippen molar-refractivity contribution >= 4 is 5.97 Å². The summed E-state index contributed by atoms with van der Waals surface area (Å²) >= 11 is 0. The summed E-state index contributed by atoms with van der Waals surface area (Å²) in [6.07, 6.45) is 3.09. The summed E-state index contributed by atoms with van der Waals surface area (Å²) in [6.45, 7) is 1.33. The second-order valence-corrected chi connectivity index (χ2v) is 4.78. The first-order valence-corrected chi connectivity index (χ1v) is 6.65. The largest absolute Gasteiger partial charge is 0.492 e. The molecule has 2 aliphatic heterocycles. The number of carboxylic acids is 1. The van der Waals surface area contributed by atoms with Gasteiger partial charge < -0.3 is 24.1 Å². The quantitative estimate of drug-likeness (QED) is 0.890. The van der Waals surface area contributed by atoms with Crippen LogP contribution >= 0.6 is 0 Å². The van der Waals surface area contributed by atoms with Gasteiger partial charge in [-0.1, -0.05) is 0 Å². The van der Waals surface area contributed by atoms with E-state index in [1.807, 2.05) is 0 Å². The number of aromatic carboxylic acids is 1. The molecule has 0 spiro atoms. The predicted molar refractivity (Wildman–Crippen MR) is 68.6 cm³/mol. The first-order valence-electron chi connectivity index (χ1n) is 6.65. The number of rotatable bonds is 5. The van der Waals surface area contributed by atoms with Crippen molar-refractivity contribution in [3.05, 3.63) is 17.7 Å². The van der Waals surface area contributed by atoms with E-state index in [4.69, 9.17) is 18.9 Å². The molecule has 1 unspecified atom stereocenters. The molecule has 1 aromatic carbocycles. The molecule has 0 radical (unpaired) electrons. The van der Waals surface area contributed by atoms with Crippen molar-refractivity contribution in [2.45, 2.75) is 25.4 Å². The number of benzene rings is 1. The maximum Gasteiger partial charge on any atom is 0.339 e. The lowest BCUT2D eigenvalue weighted by Crippen LogP contribution is -2.12. The molecule has 0 saturated carbocycles. The lowest BCUT2D eigenvalue weighted by molar-refractivity contribution is 0.0688. The summed E-state index contributed by atoms with van der Waals surface area (Å²) in [7, 11) is 0. The fourth-order valence-electron chi connectivity index (χ4n) is 2.38. The van der Waals surface area contributed by atoms with Crippen LogP contribution in [0.1, 0.15) is 29.6 Å². The average molecular weight is 280 g/mol.